The van der Waals surface area contributed by atoms with Gasteiger partial charge in [-0.3, -0.25) is 4.79 Å². The van der Waals surface area contributed by atoms with Crippen LogP contribution in [0.2, 0.25) is 0 Å². The van der Waals surface area contributed by atoms with E-state index in [-0.39, 0.29) is 5.91 Å². The number of hydrogen-bond acceptors (Lipinski definition) is 3. The molecular weight excluding hydrogens is 326 g/mol. The van der Waals surface area contributed by atoms with E-state index in [1.54, 1.807) is 4.90 Å². The van der Waals surface area contributed by atoms with Crippen molar-refractivity contribution in [1.29, 1.82) is 0 Å². The van der Waals surface area contributed by atoms with Gasteiger partial charge in [0.05, 0.1) is 33.2 Å². The molecule has 0 saturated carbocycles. The van der Waals surface area contributed by atoms with Crippen LogP contribution in [-0.2, 0) is 0 Å². The third-order valence-electron chi connectivity index (χ3n) is 5.16. The summed E-state index contributed by atoms with van der Waals surface area (Å²) in [4.78, 5) is 16.6. The number of fused-ring (bicyclic) bond motifs is 1. The highest BCUT2D eigenvalue weighted by atomic mass is 16.3. The van der Waals surface area contributed by atoms with Gasteiger partial charge >= 0.3 is 0 Å². The Morgan fingerprint density at radius 2 is 1.77 bits per heavy atom. The summed E-state index contributed by atoms with van der Waals surface area (Å²) in [7, 11) is 2.23. The van der Waals surface area contributed by atoms with Gasteiger partial charge in [0, 0.05) is 22.3 Å². The zero-order chi connectivity index (χ0) is 18.1. The molecule has 0 aliphatic carbocycles. The zero-order valence-electron chi connectivity index (χ0n) is 15.2. The number of carbonyl (C=O) groups excluding carboxylic acids is 1. The molecule has 5 heteroatoms. The maximum Gasteiger partial charge on any atom is 0.291 e. The molecule has 2 heterocycles. The van der Waals surface area contributed by atoms with Crippen LogP contribution < -0.4 is 15.1 Å². The van der Waals surface area contributed by atoms with Crippen LogP contribution in [0.3, 0.4) is 0 Å². The summed E-state index contributed by atoms with van der Waals surface area (Å²) >= 11 is 0. The van der Waals surface area contributed by atoms with E-state index in [1.165, 1.54) is 5.69 Å². The highest BCUT2D eigenvalue weighted by Gasteiger charge is 2.19. The van der Waals surface area contributed by atoms with E-state index in [0.29, 0.717) is 5.76 Å². The van der Waals surface area contributed by atoms with Crippen molar-refractivity contribution >= 4 is 28.3 Å². The van der Waals surface area contributed by atoms with Gasteiger partial charge in [-0.05, 0) is 37.3 Å². The second-order valence-corrected chi connectivity index (χ2v) is 7.00. The molecule has 0 unspecified atom stereocenters. The van der Waals surface area contributed by atoms with Gasteiger partial charge in [0.15, 0.2) is 5.76 Å². The van der Waals surface area contributed by atoms with Crippen molar-refractivity contribution in [2.45, 2.75) is 6.92 Å². The number of likely N-dealkylation sites (N-methyl/N-ethyl adjacent to an activating group) is 1. The van der Waals surface area contributed by atoms with Crippen LogP contribution >= 0.6 is 0 Å². The van der Waals surface area contributed by atoms with Gasteiger partial charge in [0.1, 0.15) is 5.58 Å². The van der Waals surface area contributed by atoms with Crippen molar-refractivity contribution in [3.05, 3.63) is 59.9 Å². The molecule has 1 aliphatic heterocycles. The third kappa shape index (κ3) is 3.18. The van der Waals surface area contributed by atoms with E-state index < -0.39 is 0 Å². The summed E-state index contributed by atoms with van der Waals surface area (Å²) in [6, 6.07) is 15.8. The van der Waals surface area contributed by atoms with Gasteiger partial charge in [-0.2, -0.15) is 0 Å². The van der Waals surface area contributed by atoms with E-state index in [0.717, 1.165) is 48.4 Å². The smallest absolute Gasteiger partial charge is 0.291 e. The number of furan rings is 1. The monoisotopic (exact) mass is 350 g/mol. The molecular formula is C21H24N3O2+. The van der Waals surface area contributed by atoms with Crippen molar-refractivity contribution in [3.8, 4) is 0 Å². The number of carbonyl (C=O) groups is 1. The molecule has 1 saturated heterocycles. The molecule has 1 aliphatic rings. The van der Waals surface area contributed by atoms with Crippen LogP contribution in [0.4, 0.5) is 11.4 Å². The van der Waals surface area contributed by atoms with Crippen molar-refractivity contribution in [2.24, 2.45) is 0 Å². The average Bonchev–Trinajstić information content (AvgIpc) is 3.00. The minimum atomic E-state index is -0.213. The molecule has 1 fully saturated rings. The summed E-state index contributed by atoms with van der Waals surface area (Å²) in [5.41, 5.74) is 3.59. The first-order chi connectivity index (χ1) is 12.6. The molecule has 4 rings (SSSR count). The average molecular weight is 350 g/mol. The molecule has 0 atom stereocenters. The number of hydrogen-bond donors (Lipinski definition) is 2. The normalized spacial score (nSPS) is 15.4. The number of nitrogens with one attached hydrogen (secondary N) is 2. The number of para-hydroxylation sites is 1. The van der Waals surface area contributed by atoms with E-state index in [2.05, 4.69) is 29.4 Å². The molecule has 1 amide bonds. The predicted molar refractivity (Wildman–Crippen MR) is 104 cm³/mol. The molecule has 5 nitrogen and oxygen atoms in total. The maximum atomic E-state index is 12.6. The summed E-state index contributed by atoms with van der Waals surface area (Å²) in [6.45, 7) is 6.36. The summed E-state index contributed by atoms with van der Waals surface area (Å²) in [5, 5.41) is 3.92. The fourth-order valence-corrected chi connectivity index (χ4v) is 3.48. The molecule has 2 aromatic carbocycles. The van der Waals surface area contributed by atoms with Gasteiger partial charge in [-0.1, -0.05) is 18.2 Å². The Morgan fingerprint density at radius 3 is 2.46 bits per heavy atom. The number of quaternary nitrogens is 1. The standard InChI is InChI=1S/C21H23N3O2/c1-15-18-5-3-4-6-19(18)26-20(15)21(25)22-16-7-9-17(10-8-16)24-13-11-23(2)12-14-24/h3-10H,11-14H2,1-2H3,(H,22,25)/p+1. The fourth-order valence-electron chi connectivity index (χ4n) is 3.48. The highest BCUT2D eigenvalue weighted by Crippen LogP contribution is 2.26. The topological polar surface area (TPSA) is 49.9 Å². The molecule has 0 radical (unpaired) electrons. The first-order valence-corrected chi connectivity index (χ1v) is 9.07. The van der Waals surface area contributed by atoms with Gasteiger partial charge in [-0.25, -0.2) is 0 Å². The number of benzene rings is 2. The number of rotatable bonds is 3. The van der Waals surface area contributed by atoms with Crippen LogP contribution in [0.15, 0.2) is 52.9 Å². The lowest BCUT2D eigenvalue weighted by Gasteiger charge is -2.31. The second kappa shape index (κ2) is 6.84. The summed E-state index contributed by atoms with van der Waals surface area (Å²) in [6.07, 6.45) is 0. The number of amides is 1. The predicted octanol–water partition coefficient (Wildman–Crippen LogP) is 2.33. The van der Waals surface area contributed by atoms with Gasteiger partial charge in [0.25, 0.3) is 5.91 Å². The Bertz CT molecular complexity index is 922. The van der Waals surface area contributed by atoms with E-state index in [4.69, 9.17) is 4.42 Å². The Balaban J connectivity index is 1.48. The Hall–Kier alpha value is -2.79. The highest BCUT2D eigenvalue weighted by molar-refractivity contribution is 6.06. The summed E-state index contributed by atoms with van der Waals surface area (Å²) < 4.78 is 5.74. The van der Waals surface area contributed by atoms with Crippen LogP contribution in [0.5, 0.6) is 0 Å². The first kappa shape index (κ1) is 16.7. The fraction of sp³-hybridized carbons (Fsp3) is 0.286. The maximum absolute atomic E-state index is 12.6. The van der Waals surface area contributed by atoms with E-state index in [9.17, 15) is 4.79 Å². The largest absolute Gasteiger partial charge is 0.451 e. The van der Waals surface area contributed by atoms with Crippen molar-refractivity contribution in [3.63, 3.8) is 0 Å². The number of nitrogens with zero attached hydrogens (tertiary/aromatic N) is 1. The van der Waals surface area contributed by atoms with Crippen LogP contribution in [0, 0.1) is 6.92 Å². The van der Waals surface area contributed by atoms with E-state index in [1.807, 2.05) is 43.3 Å². The van der Waals surface area contributed by atoms with Crippen LogP contribution in [0.1, 0.15) is 16.1 Å². The lowest BCUT2D eigenvalue weighted by atomic mass is 10.1. The van der Waals surface area contributed by atoms with Crippen molar-refractivity contribution < 1.29 is 14.1 Å². The SMILES string of the molecule is Cc1c(C(=O)Nc2ccc(N3CC[NH+](C)CC3)cc2)oc2ccccc12. The molecule has 26 heavy (non-hydrogen) atoms. The second-order valence-electron chi connectivity index (χ2n) is 7.00. The van der Waals surface area contributed by atoms with Crippen LogP contribution in [0.25, 0.3) is 11.0 Å². The number of aryl methyl sites for hydroxylation is 1. The quantitative estimate of drug-likeness (QED) is 0.762. The zero-order valence-corrected chi connectivity index (χ0v) is 15.2. The molecule has 0 spiro atoms. The lowest BCUT2D eigenvalue weighted by Crippen LogP contribution is -3.12. The first-order valence-electron chi connectivity index (χ1n) is 9.07. The van der Waals surface area contributed by atoms with Crippen molar-refractivity contribution in [1.82, 2.24) is 0 Å². The number of piperazine rings is 1. The molecule has 2 N–H and O–H groups in total. The minimum Gasteiger partial charge on any atom is -0.451 e. The van der Waals surface area contributed by atoms with Gasteiger partial charge in [0.2, 0.25) is 0 Å². The minimum absolute atomic E-state index is 0.213. The third-order valence-corrected chi connectivity index (χ3v) is 5.16. The van der Waals surface area contributed by atoms with E-state index >= 15 is 0 Å². The Labute approximate surface area is 153 Å². The Morgan fingerprint density at radius 1 is 1.08 bits per heavy atom. The molecule has 134 valence electrons. The molecule has 0 bridgehead atoms. The number of anilines is 2. The van der Waals surface area contributed by atoms with Gasteiger partial charge in [-0.15, -0.1) is 0 Å². The molecule has 3 aromatic rings. The summed E-state index contributed by atoms with van der Waals surface area (Å²) in [5.74, 6) is 0.159. The molecule has 1 aromatic heterocycles. The van der Waals surface area contributed by atoms with Crippen LogP contribution in [-0.4, -0.2) is 39.1 Å². The van der Waals surface area contributed by atoms with Crippen molar-refractivity contribution in [2.75, 3.05) is 43.4 Å². The lowest BCUT2D eigenvalue weighted by molar-refractivity contribution is -0.880. The van der Waals surface area contributed by atoms with Gasteiger partial charge < -0.3 is 19.5 Å². The Kier molecular flexibility index (Phi) is 4.39.